The highest BCUT2D eigenvalue weighted by atomic mass is 35.5. The average molecular weight is 600 g/mol. The van der Waals surface area contributed by atoms with Crippen molar-refractivity contribution in [2.45, 2.75) is 36.6 Å². The van der Waals surface area contributed by atoms with Gasteiger partial charge in [0.15, 0.2) is 0 Å². The Bertz CT molecular complexity index is 1330. The fraction of sp³-hybridized carbons (Fsp3) is 0.360. The molecule has 3 rings (SSSR count). The number of ether oxygens (including phenoxy) is 3. The Balaban J connectivity index is 1.91. The lowest BCUT2D eigenvalue weighted by Gasteiger charge is -2.25. The second kappa shape index (κ2) is 13.1. The first kappa shape index (κ1) is 30.1. The van der Waals surface area contributed by atoms with Crippen LogP contribution in [0.1, 0.15) is 11.6 Å². The summed E-state index contributed by atoms with van der Waals surface area (Å²) in [6.07, 6.45) is 1.31. The second-order valence-electron chi connectivity index (χ2n) is 9.62. The number of sulfonamides is 1. The number of nitrogens with two attached hydrogens (primary N) is 1. The predicted octanol–water partition coefficient (Wildman–Crippen LogP) is 5.38. The van der Waals surface area contributed by atoms with E-state index in [1.807, 2.05) is 30.3 Å². The van der Waals surface area contributed by atoms with Gasteiger partial charge in [0.2, 0.25) is 11.7 Å². The third kappa shape index (κ3) is 7.81. The SMILES string of the molecule is COc1nc(OC[C@@H](N)c2ccccc2)cnc1N(COCC[Si](C)(C)C)S(=O)(=O)c1cccc(Cl)c1Cl. The first-order chi connectivity index (χ1) is 17.9. The van der Waals surface area contributed by atoms with Gasteiger partial charge >= 0.3 is 0 Å². The van der Waals surface area contributed by atoms with Gasteiger partial charge < -0.3 is 19.9 Å². The molecule has 0 spiro atoms. The average Bonchev–Trinajstić information content (AvgIpc) is 2.88. The molecule has 0 saturated heterocycles. The van der Waals surface area contributed by atoms with Crippen molar-refractivity contribution < 1.29 is 22.6 Å². The van der Waals surface area contributed by atoms with Crippen molar-refractivity contribution in [2.24, 2.45) is 5.73 Å². The van der Waals surface area contributed by atoms with Crippen molar-refractivity contribution >= 4 is 47.1 Å². The van der Waals surface area contributed by atoms with Gasteiger partial charge in [-0.25, -0.2) is 17.7 Å². The highest BCUT2D eigenvalue weighted by Crippen LogP contribution is 2.35. The quantitative estimate of drug-likeness (QED) is 0.158. The van der Waals surface area contributed by atoms with Crippen LogP contribution in [-0.4, -0.2) is 53.5 Å². The largest absolute Gasteiger partial charge is 0.478 e. The lowest BCUT2D eigenvalue weighted by Crippen LogP contribution is -2.35. The lowest BCUT2D eigenvalue weighted by atomic mass is 10.1. The minimum absolute atomic E-state index is 0.0775. The van der Waals surface area contributed by atoms with Gasteiger partial charge in [0.05, 0.1) is 29.4 Å². The Kier molecular flexibility index (Phi) is 10.4. The first-order valence-corrected chi connectivity index (χ1v) is 17.7. The van der Waals surface area contributed by atoms with E-state index in [1.165, 1.54) is 31.5 Å². The molecule has 0 fully saturated rings. The Labute approximate surface area is 234 Å². The zero-order valence-electron chi connectivity index (χ0n) is 21.7. The first-order valence-electron chi connectivity index (χ1n) is 11.8. The fourth-order valence-electron chi connectivity index (χ4n) is 3.27. The number of rotatable bonds is 13. The van der Waals surface area contributed by atoms with Gasteiger partial charge in [-0.1, -0.05) is 79.2 Å². The van der Waals surface area contributed by atoms with Crippen LogP contribution in [-0.2, 0) is 14.8 Å². The van der Waals surface area contributed by atoms with Gasteiger partial charge in [-0.2, -0.15) is 4.98 Å². The zero-order valence-corrected chi connectivity index (χ0v) is 25.1. The molecule has 0 unspecified atom stereocenters. The van der Waals surface area contributed by atoms with Crippen molar-refractivity contribution in [1.29, 1.82) is 0 Å². The number of halogens is 2. The summed E-state index contributed by atoms with van der Waals surface area (Å²) in [6, 6.07) is 14.3. The maximum Gasteiger partial charge on any atom is 0.269 e. The molecule has 38 heavy (non-hydrogen) atoms. The summed E-state index contributed by atoms with van der Waals surface area (Å²) < 4.78 is 45.4. The predicted molar refractivity (Wildman–Crippen MR) is 153 cm³/mol. The summed E-state index contributed by atoms with van der Waals surface area (Å²) in [4.78, 5) is 8.44. The van der Waals surface area contributed by atoms with Crippen molar-refractivity contribution in [3.63, 3.8) is 0 Å². The molecule has 13 heteroatoms. The number of nitrogens with zero attached hydrogens (tertiary/aromatic N) is 3. The molecule has 0 bridgehead atoms. The minimum Gasteiger partial charge on any atom is -0.478 e. The molecule has 0 radical (unpaired) electrons. The fourth-order valence-corrected chi connectivity index (χ4v) is 6.07. The monoisotopic (exact) mass is 598 g/mol. The number of benzene rings is 2. The van der Waals surface area contributed by atoms with E-state index < -0.39 is 24.1 Å². The topological polar surface area (TPSA) is 117 Å². The van der Waals surface area contributed by atoms with Gasteiger partial charge in [-0.15, -0.1) is 0 Å². The highest BCUT2D eigenvalue weighted by molar-refractivity contribution is 7.93. The summed E-state index contributed by atoms with van der Waals surface area (Å²) >= 11 is 12.4. The molecule has 1 heterocycles. The van der Waals surface area contributed by atoms with Crippen LogP contribution in [0.15, 0.2) is 59.6 Å². The van der Waals surface area contributed by atoms with Crippen molar-refractivity contribution in [3.05, 3.63) is 70.3 Å². The summed E-state index contributed by atoms with van der Waals surface area (Å²) in [5.41, 5.74) is 7.11. The number of anilines is 1. The molecule has 0 amide bonds. The van der Waals surface area contributed by atoms with Crippen LogP contribution in [0, 0.1) is 0 Å². The molecule has 0 saturated carbocycles. The van der Waals surface area contributed by atoms with Gasteiger partial charge in [0, 0.05) is 14.7 Å². The Morgan fingerprint density at radius 1 is 1.08 bits per heavy atom. The summed E-state index contributed by atoms with van der Waals surface area (Å²) in [7, 11) is -4.33. The number of aromatic nitrogens is 2. The second-order valence-corrected chi connectivity index (χ2v) is 17.9. The van der Waals surface area contributed by atoms with E-state index in [2.05, 4.69) is 29.6 Å². The molecule has 0 aliphatic carbocycles. The van der Waals surface area contributed by atoms with Crippen LogP contribution >= 0.6 is 23.2 Å². The standard InChI is InChI=1S/C25H32Cl2N4O5SSi/c1-34-25-24(29-15-22(30-25)36-16-20(28)18-9-6-5-7-10-18)31(17-35-13-14-38(2,3)4)37(32,33)21-12-8-11-19(26)23(21)27/h5-12,15,20H,13-14,16-17,28H2,1-4H3/t20-/m1/s1. The summed E-state index contributed by atoms with van der Waals surface area (Å²) in [5.74, 6) is -0.0441. The highest BCUT2D eigenvalue weighted by Gasteiger charge is 2.32. The van der Waals surface area contributed by atoms with Crippen molar-refractivity contribution in [2.75, 3.05) is 31.4 Å². The van der Waals surface area contributed by atoms with Crippen LogP contribution in [0.25, 0.3) is 0 Å². The van der Waals surface area contributed by atoms with E-state index in [0.717, 1.165) is 15.9 Å². The molecular weight excluding hydrogens is 567 g/mol. The van der Waals surface area contributed by atoms with Crippen molar-refractivity contribution in [1.82, 2.24) is 9.97 Å². The molecule has 3 aromatic rings. The third-order valence-electron chi connectivity index (χ3n) is 5.46. The van der Waals surface area contributed by atoms with E-state index in [1.54, 1.807) is 0 Å². The molecular formula is C25H32Cl2N4O5SSi. The van der Waals surface area contributed by atoms with E-state index in [4.69, 9.17) is 43.1 Å². The molecule has 1 aromatic heterocycles. The normalized spacial score (nSPS) is 12.7. The summed E-state index contributed by atoms with van der Waals surface area (Å²) in [6.45, 7) is 6.77. The maximum atomic E-state index is 13.8. The Hall–Kier alpha value is -2.41. The van der Waals surface area contributed by atoms with Gasteiger partial charge in [0.25, 0.3) is 15.9 Å². The zero-order chi connectivity index (χ0) is 27.9. The van der Waals surface area contributed by atoms with Gasteiger partial charge in [-0.05, 0) is 23.7 Å². The molecule has 9 nitrogen and oxygen atoms in total. The summed E-state index contributed by atoms with van der Waals surface area (Å²) in [5, 5.41) is -0.00746. The van der Waals surface area contributed by atoms with E-state index in [0.29, 0.717) is 6.61 Å². The van der Waals surface area contributed by atoms with Crippen LogP contribution in [0.5, 0.6) is 11.8 Å². The molecule has 1 atom stereocenters. The molecule has 2 N–H and O–H groups in total. The Morgan fingerprint density at radius 2 is 1.79 bits per heavy atom. The van der Waals surface area contributed by atoms with Crippen molar-refractivity contribution in [3.8, 4) is 11.8 Å². The molecule has 0 aliphatic heterocycles. The minimum atomic E-state index is -4.27. The van der Waals surface area contributed by atoms with E-state index >= 15 is 0 Å². The number of methoxy groups -OCH3 is 1. The smallest absolute Gasteiger partial charge is 0.269 e. The van der Waals surface area contributed by atoms with Crippen LogP contribution in [0.4, 0.5) is 5.82 Å². The number of hydrogen-bond donors (Lipinski definition) is 1. The third-order valence-corrected chi connectivity index (χ3v) is 9.85. The lowest BCUT2D eigenvalue weighted by molar-refractivity contribution is 0.155. The maximum absolute atomic E-state index is 13.8. The van der Waals surface area contributed by atoms with E-state index in [-0.39, 0.29) is 45.9 Å². The van der Waals surface area contributed by atoms with E-state index in [9.17, 15) is 8.42 Å². The van der Waals surface area contributed by atoms with Gasteiger partial charge in [-0.3, -0.25) is 0 Å². The molecule has 2 aromatic carbocycles. The molecule has 206 valence electrons. The number of hydrogen-bond acceptors (Lipinski definition) is 8. The molecule has 0 aliphatic rings. The van der Waals surface area contributed by atoms with Gasteiger partial charge in [0.1, 0.15) is 18.2 Å². The van der Waals surface area contributed by atoms with Crippen LogP contribution in [0.3, 0.4) is 0 Å². The van der Waals surface area contributed by atoms with Crippen LogP contribution < -0.4 is 19.5 Å². The van der Waals surface area contributed by atoms with Crippen LogP contribution in [0.2, 0.25) is 35.7 Å². The Morgan fingerprint density at radius 3 is 2.45 bits per heavy atom.